The highest BCUT2D eigenvalue weighted by Gasteiger charge is 2.30. The fraction of sp³-hybridized carbons (Fsp3) is 0.909. The van der Waals surface area contributed by atoms with Crippen LogP contribution >= 0.6 is 0 Å². The zero-order valence-electron chi connectivity index (χ0n) is 8.95. The second kappa shape index (κ2) is 4.30. The lowest BCUT2D eigenvalue weighted by atomic mass is 9.97. The first kappa shape index (κ1) is 9.97. The minimum Gasteiger partial charge on any atom is -0.411 e. The molecule has 0 aromatic rings. The quantitative estimate of drug-likeness (QED) is 0.515. The Morgan fingerprint density at radius 1 is 1.29 bits per heavy atom. The van der Waals surface area contributed by atoms with E-state index in [0.29, 0.717) is 6.04 Å². The molecule has 2 fully saturated rings. The highest BCUT2D eigenvalue weighted by Crippen LogP contribution is 2.26. The fourth-order valence-electron chi connectivity index (χ4n) is 2.66. The topological polar surface area (TPSA) is 35.8 Å². The van der Waals surface area contributed by atoms with Gasteiger partial charge in [-0.25, -0.2) is 0 Å². The number of hydrogen-bond acceptors (Lipinski definition) is 3. The van der Waals surface area contributed by atoms with Crippen molar-refractivity contribution in [2.45, 2.75) is 45.1 Å². The van der Waals surface area contributed by atoms with Crippen molar-refractivity contribution in [2.24, 2.45) is 11.1 Å². The van der Waals surface area contributed by atoms with Crippen molar-refractivity contribution in [3.8, 4) is 0 Å². The molecule has 2 aliphatic rings. The van der Waals surface area contributed by atoms with Crippen molar-refractivity contribution in [1.82, 2.24) is 4.90 Å². The molecule has 80 valence electrons. The van der Waals surface area contributed by atoms with Gasteiger partial charge in [0.25, 0.3) is 0 Å². The summed E-state index contributed by atoms with van der Waals surface area (Å²) < 4.78 is 0. The third kappa shape index (κ3) is 1.92. The standard InChI is InChI=1S/C11H20N2O/c1-9-5-7-13(8-6-9)11-4-2-3-10(11)12-14/h9,11,14H,2-8H2,1H3/b12-10+/t11-/m0/s1. The van der Waals surface area contributed by atoms with Crippen molar-refractivity contribution in [3.05, 3.63) is 0 Å². The Balaban J connectivity index is 1.94. The molecule has 1 aliphatic carbocycles. The van der Waals surface area contributed by atoms with Crippen molar-refractivity contribution in [2.75, 3.05) is 13.1 Å². The third-order valence-electron chi connectivity index (χ3n) is 3.68. The normalized spacial score (nSPS) is 34.1. The minimum atomic E-state index is 0.451. The summed E-state index contributed by atoms with van der Waals surface area (Å²) in [6.07, 6.45) is 5.97. The molecule has 1 saturated heterocycles. The third-order valence-corrected chi connectivity index (χ3v) is 3.68. The van der Waals surface area contributed by atoms with Gasteiger partial charge in [0, 0.05) is 0 Å². The molecule has 0 unspecified atom stereocenters. The Labute approximate surface area is 85.8 Å². The zero-order valence-corrected chi connectivity index (χ0v) is 8.95. The number of rotatable bonds is 1. The molecule has 0 spiro atoms. The van der Waals surface area contributed by atoms with Crippen LogP contribution in [0.3, 0.4) is 0 Å². The number of nitrogens with zero attached hydrogens (tertiary/aromatic N) is 2. The molecule has 0 bridgehead atoms. The van der Waals surface area contributed by atoms with Gasteiger partial charge in [-0.1, -0.05) is 12.1 Å². The second-order valence-electron chi connectivity index (χ2n) is 4.72. The Hall–Kier alpha value is -0.570. The Morgan fingerprint density at radius 2 is 2.00 bits per heavy atom. The molecule has 3 nitrogen and oxygen atoms in total. The lowest BCUT2D eigenvalue weighted by Crippen LogP contribution is -2.43. The molecule has 3 heteroatoms. The Morgan fingerprint density at radius 3 is 2.64 bits per heavy atom. The van der Waals surface area contributed by atoms with Crippen LogP contribution in [0.5, 0.6) is 0 Å². The summed E-state index contributed by atoms with van der Waals surface area (Å²) in [6.45, 7) is 4.70. The first-order chi connectivity index (χ1) is 6.81. The van der Waals surface area contributed by atoms with Crippen LogP contribution in [0.2, 0.25) is 0 Å². The van der Waals surface area contributed by atoms with E-state index in [2.05, 4.69) is 17.0 Å². The smallest absolute Gasteiger partial charge is 0.0742 e. The number of likely N-dealkylation sites (tertiary alicyclic amines) is 1. The predicted molar refractivity (Wildman–Crippen MR) is 56.8 cm³/mol. The summed E-state index contributed by atoms with van der Waals surface area (Å²) in [6, 6.07) is 0.451. The number of oxime groups is 1. The average molecular weight is 196 g/mol. The van der Waals surface area contributed by atoms with Gasteiger partial charge in [0.2, 0.25) is 0 Å². The van der Waals surface area contributed by atoms with Crippen LogP contribution in [0, 0.1) is 5.92 Å². The van der Waals surface area contributed by atoms with Gasteiger partial charge in [0.05, 0.1) is 11.8 Å². The summed E-state index contributed by atoms with van der Waals surface area (Å²) in [5.41, 5.74) is 1.01. The highest BCUT2D eigenvalue weighted by atomic mass is 16.4. The first-order valence-corrected chi connectivity index (χ1v) is 5.76. The van der Waals surface area contributed by atoms with Crippen LogP contribution in [0.15, 0.2) is 5.16 Å². The van der Waals surface area contributed by atoms with Gasteiger partial charge in [-0.2, -0.15) is 0 Å². The van der Waals surface area contributed by atoms with Crippen molar-refractivity contribution in [3.63, 3.8) is 0 Å². The molecule has 1 heterocycles. The van der Waals surface area contributed by atoms with E-state index >= 15 is 0 Å². The molecule has 14 heavy (non-hydrogen) atoms. The van der Waals surface area contributed by atoms with Gasteiger partial charge in [-0.3, -0.25) is 4.90 Å². The van der Waals surface area contributed by atoms with Crippen molar-refractivity contribution < 1.29 is 5.21 Å². The lowest BCUT2D eigenvalue weighted by molar-refractivity contribution is 0.167. The van der Waals surface area contributed by atoms with Gasteiger partial charge in [0.15, 0.2) is 0 Å². The van der Waals surface area contributed by atoms with Crippen LogP contribution in [0.1, 0.15) is 39.0 Å². The van der Waals surface area contributed by atoms with Crippen LogP contribution in [-0.2, 0) is 0 Å². The minimum absolute atomic E-state index is 0.451. The van der Waals surface area contributed by atoms with Crippen molar-refractivity contribution >= 4 is 5.71 Å². The van der Waals surface area contributed by atoms with E-state index < -0.39 is 0 Å². The van der Waals surface area contributed by atoms with Gasteiger partial charge in [0.1, 0.15) is 0 Å². The molecule has 1 N–H and O–H groups in total. The van der Waals surface area contributed by atoms with Crippen LogP contribution in [0.4, 0.5) is 0 Å². The van der Waals surface area contributed by atoms with Crippen LogP contribution in [-0.4, -0.2) is 35.0 Å². The van der Waals surface area contributed by atoms with E-state index in [9.17, 15) is 0 Å². The highest BCUT2D eigenvalue weighted by molar-refractivity contribution is 5.90. The molecule has 1 aliphatic heterocycles. The second-order valence-corrected chi connectivity index (χ2v) is 4.72. The van der Waals surface area contributed by atoms with Crippen LogP contribution < -0.4 is 0 Å². The zero-order chi connectivity index (χ0) is 9.97. The van der Waals surface area contributed by atoms with E-state index in [-0.39, 0.29) is 0 Å². The summed E-state index contributed by atoms with van der Waals surface area (Å²) in [7, 11) is 0. The number of piperidine rings is 1. The summed E-state index contributed by atoms with van der Waals surface area (Å²) in [4.78, 5) is 2.50. The lowest BCUT2D eigenvalue weighted by Gasteiger charge is -2.34. The van der Waals surface area contributed by atoms with Gasteiger partial charge in [-0.15, -0.1) is 0 Å². The maximum atomic E-state index is 8.88. The molecule has 0 radical (unpaired) electrons. The van der Waals surface area contributed by atoms with Gasteiger partial charge >= 0.3 is 0 Å². The molecular formula is C11H20N2O. The monoisotopic (exact) mass is 196 g/mol. The fourth-order valence-corrected chi connectivity index (χ4v) is 2.66. The maximum Gasteiger partial charge on any atom is 0.0742 e. The largest absolute Gasteiger partial charge is 0.411 e. The molecule has 0 aromatic carbocycles. The van der Waals surface area contributed by atoms with Gasteiger partial charge < -0.3 is 5.21 Å². The number of hydrogen-bond donors (Lipinski definition) is 1. The molecule has 2 rings (SSSR count). The van der Waals surface area contributed by atoms with E-state index in [1.54, 1.807) is 0 Å². The van der Waals surface area contributed by atoms with E-state index in [0.717, 1.165) is 18.1 Å². The van der Waals surface area contributed by atoms with Gasteiger partial charge in [-0.05, 0) is 51.1 Å². The predicted octanol–water partition coefficient (Wildman–Crippen LogP) is 2.10. The SMILES string of the molecule is CC1CCN([C@H]2CCC/C2=N\O)CC1. The maximum absolute atomic E-state index is 8.88. The molecule has 0 amide bonds. The van der Waals surface area contributed by atoms with E-state index in [1.165, 1.54) is 38.8 Å². The molecule has 1 saturated carbocycles. The molecular weight excluding hydrogens is 176 g/mol. The molecule has 1 atom stereocenters. The van der Waals surface area contributed by atoms with Crippen LogP contribution in [0.25, 0.3) is 0 Å². The summed E-state index contributed by atoms with van der Waals surface area (Å²) in [5.74, 6) is 0.877. The Bertz CT molecular complexity index is 219. The molecule has 0 aromatic heterocycles. The summed E-state index contributed by atoms with van der Waals surface area (Å²) >= 11 is 0. The van der Waals surface area contributed by atoms with Crippen molar-refractivity contribution in [1.29, 1.82) is 0 Å². The summed E-state index contributed by atoms with van der Waals surface area (Å²) in [5, 5.41) is 12.3. The Kier molecular flexibility index (Phi) is 3.06. The first-order valence-electron chi connectivity index (χ1n) is 5.76. The van der Waals surface area contributed by atoms with E-state index in [4.69, 9.17) is 5.21 Å². The average Bonchev–Trinajstić information content (AvgIpc) is 2.67. The van der Waals surface area contributed by atoms with E-state index in [1.807, 2.05) is 0 Å².